The van der Waals surface area contributed by atoms with Gasteiger partial charge < -0.3 is 9.80 Å². The first kappa shape index (κ1) is 36.4. The van der Waals surface area contributed by atoms with Gasteiger partial charge >= 0.3 is 0 Å². The Hall–Kier alpha value is -7.42. The first-order chi connectivity index (χ1) is 30.6. The molecule has 0 spiro atoms. The van der Waals surface area contributed by atoms with E-state index < -0.39 is 0 Å². The summed E-state index contributed by atoms with van der Waals surface area (Å²) in [5.41, 5.74) is 20.4. The summed E-state index contributed by atoms with van der Waals surface area (Å²) in [6.45, 7) is 4.46. The van der Waals surface area contributed by atoms with Crippen LogP contribution in [0.4, 0.5) is 34.1 Å². The molecule has 2 aliphatic rings. The predicted octanol–water partition coefficient (Wildman–Crippen LogP) is 16.2. The molecule has 0 saturated heterocycles. The van der Waals surface area contributed by atoms with Gasteiger partial charge in [-0.05, 0) is 176 Å². The van der Waals surface area contributed by atoms with E-state index in [1.807, 2.05) is 0 Å². The van der Waals surface area contributed by atoms with Gasteiger partial charge in [-0.2, -0.15) is 0 Å². The average Bonchev–Trinajstić information content (AvgIpc) is 3.60. The van der Waals surface area contributed by atoms with Gasteiger partial charge in [0.1, 0.15) is 0 Å². The van der Waals surface area contributed by atoms with Crippen LogP contribution >= 0.6 is 0 Å². The summed E-state index contributed by atoms with van der Waals surface area (Å²) in [4.78, 5) is 5.03. The number of nitrogens with zero attached hydrogens (tertiary/aromatic N) is 2. The van der Waals surface area contributed by atoms with Crippen LogP contribution in [0, 0.1) is 13.8 Å². The van der Waals surface area contributed by atoms with Gasteiger partial charge in [-0.25, -0.2) is 0 Å². The summed E-state index contributed by atoms with van der Waals surface area (Å²) in [6.07, 6.45) is 4.04. The number of benzene rings is 10. The lowest BCUT2D eigenvalue weighted by atomic mass is 9.83. The molecule has 0 amide bonds. The standard InChI is InChI=1S/C60H46N2/c1-39-26-27-46(36-40(39)2)59-51-34-32-48(62-57-24-11-6-17-44(57)30-31-45-18-7-12-25-58(45)62)38-54(51)60(50-21-13-19-41-14-3-8-20-49(41)50)52-35-33-47(37-53(52)59)61-55-22-9-4-15-42(55)28-29-43-16-5-10-23-56(43)61/h3-27,32-38H,28-31H2,1-2H3. The Balaban J connectivity index is 1.22. The molecular formula is C60H46N2. The minimum Gasteiger partial charge on any atom is -0.310 e. The Morgan fingerprint density at radius 1 is 0.323 bits per heavy atom. The van der Waals surface area contributed by atoms with Crippen LogP contribution in [-0.4, -0.2) is 0 Å². The molecule has 2 nitrogen and oxygen atoms in total. The predicted molar refractivity (Wildman–Crippen MR) is 263 cm³/mol. The van der Waals surface area contributed by atoms with Crippen molar-refractivity contribution in [1.82, 2.24) is 0 Å². The summed E-state index contributed by atoms with van der Waals surface area (Å²) in [7, 11) is 0. The minimum atomic E-state index is 1.01. The van der Waals surface area contributed by atoms with Crippen LogP contribution < -0.4 is 9.80 Å². The Kier molecular flexibility index (Phi) is 8.60. The molecule has 62 heavy (non-hydrogen) atoms. The van der Waals surface area contributed by atoms with Crippen LogP contribution in [0.25, 0.3) is 54.6 Å². The third kappa shape index (κ3) is 5.85. The fraction of sp³-hybridized carbons (Fsp3) is 0.100. The minimum absolute atomic E-state index is 1.01. The largest absolute Gasteiger partial charge is 0.310 e. The van der Waals surface area contributed by atoms with Gasteiger partial charge in [-0.3, -0.25) is 0 Å². The zero-order valence-electron chi connectivity index (χ0n) is 35.2. The lowest BCUT2D eigenvalue weighted by Gasteiger charge is -2.29. The van der Waals surface area contributed by atoms with E-state index in [1.165, 1.54) is 122 Å². The van der Waals surface area contributed by atoms with Crippen LogP contribution in [0.15, 0.2) is 194 Å². The van der Waals surface area contributed by atoms with Crippen molar-refractivity contribution in [2.75, 3.05) is 9.80 Å². The van der Waals surface area contributed by atoms with Crippen LogP contribution in [-0.2, 0) is 25.7 Å². The highest BCUT2D eigenvalue weighted by atomic mass is 15.2. The Morgan fingerprint density at radius 3 is 1.31 bits per heavy atom. The van der Waals surface area contributed by atoms with E-state index in [0.717, 1.165) is 25.7 Å². The number of aryl methyl sites for hydroxylation is 6. The van der Waals surface area contributed by atoms with Crippen LogP contribution in [0.1, 0.15) is 33.4 Å². The highest BCUT2D eigenvalue weighted by molar-refractivity contribution is 6.24. The van der Waals surface area contributed by atoms with Gasteiger partial charge in [-0.15, -0.1) is 0 Å². The highest BCUT2D eigenvalue weighted by Crippen LogP contribution is 2.51. The van der Waals surface area contributed by atoms with Crippen LogP contribution in [0.5, 0.6) is 0 Å². The van der Waals surface area contributed by atoms with Crippen molar-refractivity contribution in [3.63, 3.8) is 0 Å². The van der Waals surface area contributed by atoms with Gasteiger partial charge in [0.2, 0.25) is 0 Å². The Labute approximate surface area is 364 Å². The summed E-state index contributed by atoms with van der Waals surface area (Å²) in [5.74, 6) is 0. The Bertz CT molecular complexity index is 3310. The van der Waals surface area contributed by atoms with E-state index in [4.69, 9.17) is 0 Å². The molecule has 10 aromatic carbocycles. The van der Waals surface area contributed by atoms with Crippen molar-refractivity contribution >= 4 is 66.4 Å². The molecule has 2 heterocycles. The summed E-state index contributed by atoms with van der Waals surface area (Å²) in [6, 6.07) is 73.2. The molecule has 0 aliphatic carbocycles. The topological polar surface area (TPSA) is 6.48 Å². The molecule has 296 valence electrons. The van der Waals surface area contributed by atoms with Gasteiger partial charge in [-0.1, -0.05) is 146 Å². The Morgan fingerprint density at radius 2 is 0.774 bits per heavy atom. The van der Waals surface area contributed by atoms with E-state index in [9.17, 15) is 0 Å². The zero-order chi connectivity index (χ0) is 41.3. The van der Waals surface area contributed by atoms with Crippen molar-refractivity contribution in [3.05, 3.63) is 228 Å². The number of fused-ring (bicyclic) bond motifs is 7. The number of hydrogen-bond acceptors (Lipinski definition) is 2. The first-order valence-electron chi connectivity index (χ1n) is 22.1. The smallest absolute Gasteiger partial charge is 0.0493 e. The second kappa shape index (κ2) is 14.6. The lowest BCUT2D eigenvalue weighted by molar-refractivity contribution is 0.977. The molecule has 0 fully saturated rings. The lowest BCUT2D eigenvalue weighted by Crippen LogP contribution is -2.12. The maximum atomic E-state index is 2.52. The number of anilines is 6. The molecule has 0 saturated carbocycles. The van der Waals surface area contributed by atoms with E-state index in [1.54, 1.807) is 0 Å². The third-order valence-electron chi connectivity index (χ3n) is 13.7. The highest BCUT2D eigenvalue weighted by Gasteiger charge is 2.27. The summed E-state index contributed by atoms with van der Waals surface area (Å²) >= 11 is 0. The third-order valence-corrected chi connectivity index (χ3v) is 13.7. The average molecular weight is 795 g/mol. The van der Waals surface area contributed by atoms with Crippen molar-refractivity contribution in [3.8, 4) is 22.3 Å². The maximum Gasteiger partial charge on any atom is 0.0493 e. The molecule has 12 rings (SSSR count). The molecule has 2 aliphatic heterocycles. The van der Waals surface area contributed by atoms with E-state index in [-0.39, 0.29) is 0 Å². The van der Waals surface area contributed by atoms with E-state index in [2.05, 4.69) is 218 Å². The number of rotatable bonds is 4. The molecule has 0 atom stereocenters. The number of hydrogen-bond donors (Lipinski definition) is 0. The molecule has 2 heteroatoms. The number of para-hydroxylation sites is 4. The van der Waals surface area contributed by atoms with E-state index in [0.29, 0.717) is 0 Å². The second-order valence-corrected chi connectivity index (χ2v) is 17.2. The zero-order valence-corrected chi connectivity index (χ0v) is 35.2. The normalized spacial score (nSPS) is 13.3. The maximum absolute atomic E-state index is 2.52. The van der Waals surface area contributed by atoms with Gasteiger partial charge in [0.15, 0.2) is 0 Å². The van der Waals surface area contributed by atoms with Gasteiger partial charge in [0.25, 0.3) is 0 Å². The molecule has 0 bridgehead atoms. The molecule has 0 aromatic heterocycles. The fourth-order valence-corrected chi connectivity index (χ4v) is 10.5. The SMILES string of the molecule is Cc1ccc(-c2c3cc(N4c5ccccc5CCc5ccccc54)ccc3c(-c3cccc4ccccc34)c3cc(N4c5ccccc5CCc5ccccc54)ccc23)cc1C. The molecule has 0 N–H and O–H groups in total. The van der Waals surface area contributed by atoms with Gasteiger partial charge in [0, 0.05) is 34.1 Å². The molecule has 10 aromatic rings. The molecule has 0 radical (unpaired) electrons. The fourth-order valence-electron chi connectivity index (χ4n) is 10.5. The monoisotopic (exact) mass is 794 g/mol. The van der Waals surface area contributed by atoms with E-state index >= 15 is 0 Å². The first-order valence-corrected chi connectivity index (χ1v) is 22.1. The molecule has 0 unspecified atom stereocenters. The van der Waals surface area contributed by atoms with Crippen LogP contribution in [0.3, 0.4) is 0 Å². The van der Waals surface area contributed by atoms with Crippen molar-refractivity contribution in [2.45, 2.75) is 39.5 Å². The van der Waals surface area contributed by atoms with Crippen molar-refractivity contribution in [1.29, 1.82) is 0 Å². The summed E-state index contributed by atoms with van der Waals surface area (Å²) in [5, 5.41) is 7.49. The van der Waals surface area contributed by atoms with Gasteiger partial charge in [0.05, 0.1) is 0 Å². The quantitative estimate of drug-likeness (QED) is 0.164. The second-order valence-electron chi connectivity index (χ2n) is 17.2. The van der Waals surface area contributed by atoms with Crippen molar-refractivity contribution in [2.24, 2.45) is 0 Å². The van der Waals surface area contributed by atoms with Crippen molar-refractivity contribution < 1.29 is 0 Å². The summed E-state index contributed by atoms with van der Waals surface area (Å²) < 4.78 is 0. The van der Waals surface area contributed by atoms with Crippen LogP contribution in [0.2, 0.25) is 0 Å². The molecular weight excluding hydrogens is 749 g/mol.